The van der Waals surface area contributed by atoms with Crippen molar-refractivity contribution in [3.8, 4) is 17.1 Å². The van der Waals surface area contributed by atoms with Gasteiger partial charge in [-0.25, -0.2) is 0 Å². The highest BCUT2D eigenvalue weighted by molar-refractivity contribution is 7.99. The summed E-state index contributed by atoms with van der Waals surface area (Å²) in [7, 11) is 0. The molecule has 1 aliphatic rings. The predicted octanol–water partition coefficient (Wildman–Crippen LogP) is 4.01. The highest BCUT2D eigenvalue weighted by atomic mass is 32.2. The fourth-order valence-corrected chi connectivity index (χ4v) is 3.55. The molecular formula is C19H18N4OS. The van der Waals surface area contributed by atoms with Crippen molar-refractivity contribution in [3.05, 3.63) is 59.7 Å². The molecule has 0 unspecified atom stereocenters. The van der Waals surface area contributed by atoms with Crippen molar-refractivity contribution in [1.29, 1.82) is 0 Å². The van der Waals surface area contributed by atoms with Gasteiger partial charge in [0.1, 0.15) is 5.75 Å². The van der Waals surface area contributed by atoms with Crippen LogP contribution < -0.4 is 4.74 Å². The highest BCUT2D eigenvalue weighted by Crippen LogP contribution is 2.33. The Hall–Kier alpha value is -2.60. The normalized spacial score (nSPS) is 13.3. The van der Waals surface area contributed by atoms with E-state index >= 15 is 0 Å². The average molecular weight is 350 g/mol. The van der Waals surface area contributed by atoms with Crippen LogP contribution >= 0.6 is 11.8 Å². The Labute approximate surface area is 150 Å². The molecule has 0 saturated carbocycles. The van der Waals surface area contributed by atoms with Crippen molar-refractivity contribution in [3.63, 3.8) is 0 Å². The van der Waals surface area contributed by atoms with Crippen LogP contribution in [-0.4, -0.2) is 32.9 Å². The molecule has 6 heteroatoms. The average Bonchev–Trinajstić information content (AvgIpc) is 3.06. The SMILES string of the molecule is CCOc1ccccc1-c1nnc2n1N=C(c1ccc(C)cc1)CS2. The topological polar surface area (TPSA) is 52.3 Å². The maximum atomic E-state index is 5.74. The van der Waals surface area contributed by atoms with Crippen LogP contribution in [0.5, 0.6) is 5.75 Å². The molecule has 0 radical (unpaired) electrons. The lowest BCUT2D eigenvalue weighted by molar-refractivity contribution is 0.341. The number of fused-ring (bicyclic) bond motifs is 1. The van der Waals surface area contributed by atoms with E-state index in [-0.39, 0.29) is 0 Å². The van der Waals surface area contributed by atoms with Gasteiger partial charge in [0, 0.05) is 5.75 Å². The number of ether oxygens (including phenoxy) is 1. The number of aromatic nitrogens is 3. The summed E-state index contributed by atoms with van der Waals surface area (Å²) in [4.78, 5) is 0. The van der Waals surface area contributed by atoms with Gasteiger partial charge in [-0.3, -0.25) is 0 Å². The predicted molar refractivity (Wildman–Crippen MR) is 100 cm³/mol. The monoisotopic (exact) mass is 350 g/mol. The zero-order valence-electron chi connectivity index (χ0n) is 14.1. The second-order valence-electron chi connectivity index (χ2n) is 5.75. The maximum absolute atomic E-state index is 5.74. The summed E-state index contributed by atoms with van der Waals surface area (Å²) >= 11 is 1.65. The van der Waals surface area contributed by atoms with Gasteiger partial charge in [-0.2, -0.15) is 9.78 Å². The fourth-order valence-electron chi connectivity index (χ4n) is 2.72. The number of hydrogen-bond acceptors (Lipinski definition) is 5. The van der Waals surface area contributed by atoms with Gasteiger partial charge >= 0.3 is 0 Å². The summed E-state index contributed by atoms with van der Waals surface area (Å²) in [5.74, 6) is 2.28. The standard InChI is InChI=1S/C19H18N4OS/c1-3-24-17-7-5-4-6-15(17)18-20-21-19-23(18)22-16(12-25-19)14-10-8-13(2)9-11-14/h4-11H,3,12H2,1-2H3. The van der Waals surface area contributed by atoms with E-state index in [0.717, 1.165) is 33.5 Å². The summed E-state index contributed by atoms with van der Waals surface area (Å²) < 4.78 is 7.56. The first kappa shape index (κ1) is 15.9. The molecule has 5 nitrogen and oxygen atoms in total. The molecule has 0 spiro atoms. The van der Waals surface area contributed by atoms with Crippen LogP contribution in [-0.2, 0) is 0 Å². The van der Waals surface area contributed by atoms with E-state index < -0.39 is 0 Å². The van der Waals surface area contributed by atoms with E-state index in [2.05, 4.69) is 41.4 Å². The van der Waals surface area contributed by atoms with Gasteiger partial charge < -0.3 is 4.74 Å². The molecule has 0 aliphatic carbocycles. The van der Waals surface area contributed by atoms with Crippen molar-refractivity contribution >= 4 is 17.5 Å². The van der Waals surface area contributed by atoms with Crippen molar-refractivity contribution in [2.75, 3.05) is 12.4 Å². The molecule has 2 heterocycles. The zero-order valence-corrected chi connectivity index (χ0v) is 15.0. The van der Waals surface area contributed by atoms with Crippen LogP contribution in [0.3, 0.4) is 0 Å². The molecule has 25 heavy (non-hydrogen) atoms. The van der Waals surface area contributed by atoms with Crippen LogP contribution in [0.2, 0.25) is 0 Å². The number of benzene rings is 2. The summed E-state index contributed by atoms with van der Waals surface area (Å²) in [6.07, 6.45) is 0. The lowest BCUT2D eigenvalue weighted by Crippen LogP contribution is -2.13. The maximum Gasteiger partial charge on any atom is 0.212 e. The first-order valence-electron chi connectivity index (χ1n) is 8.21. The molecule has 0 amide bonds. The molecule has 0 bridgehead atoms. The third-order valence-corrected chi connectivity index (χ3v) is 4.91. The van der Waals surface area contributed by atoms with Crippen LogP contribution in [0, 0.1) is 6.92 Å². The van der Waals surface area contributed by atoms with Crippen molar-refractivity contribution in [1.82, 2.24) is 14.9 Å². The number of rotatable bonds is 4. The van der Waals surface area contributed by atoms with Gasteiger partial charge in [0.2, 0.25) is 5.16 Å². The van der Waals surface area contributed by atoms with Gasteiger partial charge in [-0.15, -0.1) is 10.2 Å². The lowest BCUT2D eigenvalue weighted by Gasteiger charge is -2.15. The van der Waals surface area contributed by atoms with Crippen molar-refractivity contribution in [2.45, 2.75) is 19.0 Å². The third-order valence-electron chi connectivity index (χ3n) is 3.98. The van der Waals surface area contributed by atoms with E-state index in [0.29, 0.717) is 12.4 Å². The Morgan fingerprint density at radius 3 is 2.68 bits per heavy atom. The van der Waals surface area contributed by atoms with Crippen LogP contribution in [0.1, 0.15) is 18.1 Å². The molecule has 1 aromatic heterocycles. The van der Waals surface area contributed by atoms with E-state index in [4.69, 9.17) is 9.84 Å². The largest absolute Gasteiger partial charge is 0.493 e. The molecule has 0 atom stereocenters. The molecule has 0 saturated heterocycles. The molecular weight excluding hydrogens is 332 g/mol. The van der Waals surface area contributed by atoms with Gasteiger partial charge in [0.05, 0.1) is 17.9 Å². The van der Waals surface area contributed by atoms with E-state index in [1.807, 2.05) is 35.9 Å². The molecule has 4 rings (SSSR count). The first-order valence-corrected chi connectivity index (χ1v) is 9.20. The fraction of sp³-hybridized carbons (Fsp3) is 0.211. The molecule has 3 aromatic rings. The minimum absolute atomic E-state index is 0.602. The molecule has 0 fully saturated rings. The molecule has 1 aliphatic heterocycles. The molecule has 2 aromatic carbocycles. The second-order valence-corrected chi connectivity index (χ2v) is 6.69. The summed E-state index contributed by atoms with van der Waals surface area (Å²) in [5, 5.41) is 14.3. The van der Waals surface area contributed by atoms with E-state index in [1.54, 1.807) is 11.8 Å². The van der Waals surface area contributed by atoms with Gasteiger partial charge in [0.15, 0.2) is 5.82 Å². The molecule has 126 valence electrons. The Bertz CT molecular complexity index is 931. The van der Waals surface area contributed by atoms with E-state index in [1.165, 1.54) is 5.56 Å². The third kappa shape index (κ3) is 3.05. The summed E-state index contributed by atoms with van der Waals surface area (Å²) in [6.45, 7) is 4.66. The minimum Gasteiger partial charge on any atom is -0.493 e. The van der Waals surface area contributed by atoms with E-state index in [9.17, 15) is 0 Å². The summed E-state index contributed by atoms with van der Waals surface area (Å²) in [6, 6.07) is 16.3. The smallest absolute Gasteiger partial charge is 0.212 e. The van der Waals surface area contributed by atoms with Crippen LogP contribution in [0.25, 0.3) is 11.4 Å². The Kier molecular flexibility index (Phi) is 4.28. The van der Waals surface area contributed by atoms with Gasteiger partial charge in [-0.05, 0) is 31.5 Å². The number of aryl methyl sites for hydroxylation is 1. The number of thioether (sulfide) groups is 1. The molecule has 0 N–H and O–H groups in total. The summed E-state index contributed by atoms with van der Waals surface area (Å²) in [5.41, 5.74) is 4.29. The van der Waals surface area contributed by atoms with Crippen LogP contribution in [0.4, 0.5) is 0 Å². The van der Waals surface area contributed by atoms with Gasteiger partial charge in [0.25, 0.3) is 0 Å². The second kappa shape index (κ2) is 6.72. The Morgan fingerprint density at radius 2 is 1.88 bits per heavy atom. The zero-order chi connectivity index (χ0) is 17.2. The number of nitrogens with zero attached hydrogens (tertiary/aromatic N) is 4. The minimum atomic E-state index is 0.602. The van der Waals surface area contributed by atoms with Crippen molar-refractivity contribution < 1.29 is 4.74 Å². The van der Waals surface area contributed by atoms with Crippen molar-refractivity contribution in [2.24, 2.45) is 5.10 Å². The number of para-hydroxylation sites is 1. The first-order chi connectivity index (χ1) is 12.3. The lowest BCUT2D eigenvalue weighted by atomic mass is 10.1. The van der Waals surface area contributed by atoms with Crippen LogP contribution in [0.15, 0.2) is 58.8 Å². The quantitative estimate of drug-likeness (QED) is 0.713. The highest BCUT2D eigenvalue weighted by Gasteiger charge is 2.22. The Morgan fingerprint density at radius 1 is 1.08 bits per heavy atom. The Balaban J connectivity index is 1.79. The van der Waals surface area contributed by atoms with Gasteiger partial charge in [-0.1, -0.05) is 53.7 Å². The number of hydrogen-bond donors (Lipinski definition) is 0.